The average molecular weight is 573 g/mol. The third kappa shape index (κ3) is 6.46. The molecule has 1 aliphatic heterocycles. The smallest absolute Gasteiger partial charge is 0.253 e. The number of aromatic nitrogens is 3. The van der Waals surface area contributed by atoms with E-state index in [1.54, 1.807) is 23.7 Å². The first kappa shape index (κ1) is 28.0. The van der Waals surface area contributed by atoms with Crippen molar-refractivity contribution < 1.29 is 18.7 Å². The van der Waals surface area contributed by atoms with Crippen LogP contribution in [-0.2, 0) is 18.4 Å². The molecule has 11 heteroatoms. The van der Waals surface area contributed by atoms with Crippen LogP contribution in [0.5, 0.6) is 5.75 Å². The van der Waals surface area contributed by atoms with Gasteiger partial charge in [0.25, 0.3) is 11.8 Å². The zero-order valence-electron chi connectivity index (χ0n) is 22.9. The van der Waals surface area contributed by atoms with E-state index in [4.69, 9.17) is 9.84 Å². The van der Waals surface area contributed by atoms with Crippen molar-refractivity contribution in [1.29, 1.82) is 0 Å². The Kier molecular flexibility index (Phi) is 8.44. The summed E-state index contributed by atoms with van der Waals surface area (Å²) in [7, 11) is 3.39. The van der Waals surface area contributed by atoms with Gasteiger partial charge in [0, 0.05) is 19.0 Å². The summed E-state index contributed by atoms with van der Waals surface area (Å²) in [5, 5.41) is 17.9. The highest BCUT2D eigenvalue weighted by atomic mass is 32.2. The van der Waals surface area contributed by atoms with Crippen LogP contribution in [0.2, 0.25) is 0 Å². The number of hydrogen-bond acceptors (Lipinski definition) is 7. The Hall–Kier alpha value is -4.51. The van der Waals surface area contributed by atoms with Gasteiger partial charge in [-0.3, -0.25) is 9.59 Å². The van der Waals surface area contributed by atoms with Crippen molar-refractivity contribution in [2.45, 2.75) is 31.1 Å². The maximum absolute atomic E-state index is 13.5. The molecular formula is C30H29FN6O3S. The molecule has 0 saturated carbocycles. The fourth-order valence-electron chi connectivity index (χ4n) is 4.45. The van der Waals surface area contributed by atoms with E-state index in [-0.39, 0.29) is 29.8 Å². The summed E-state index contributed by atoms with van der Waals surface area (Å²) in [6, 6.07) is 21.0. The van der Waals surface area contributed by atoms with Crippen LogP contribution >= 0.6 is 11.8 Å². The number of carbonyl (C=O) groups excluding carboxylic acids is 2. The molecule has 1 aromatic heterocycles. The molecule has 4 aromatic rings. The van der Waals surface area contributed by atoms with Crippen LogP contribution in [0.4, 0.5) is 4.39 Å². The third-order valence-corrected chi connectivity index (χ3v) is 7.80. The molecule has 5 rings (SSSR count). The van der Waals surface area contributed by atoms with Gasteiger partial charge in [-0.2, -0.15) is 5.10 Å². The first-order valence-electron chi connectivity index (χ1n) is 13.0. The van der Waals surface area contributed by atoms with Crippen molar-refractivity contribution in [2.75, 3.05) is 12.9 Å². The Morgan fingerprint density at radius 2 is 1.83 bits per heavy atom. The summed E-state index contributed by atoms with van der Waals surface area (Å²) >= 11 is 1.25. The molecule has 1 atom stereocenters. The van der Waals surface area contributed by atoms with Gasteiger partial charge in [-0.15, -0.1) is 10.2 Å². The van der Waals surface area contributed by atoms with Gasteiger partial charge in [0.05, 0.1) is 31.2 Å². The summed E-state index contributed by atoms with van der Waals surface area (Å²) < 4.78 is 20.4. The zero-order chi connectivity index (χ0) is 28.9. The van der Waals surface area contributed by atoms with E-state index >= 15 is 0 Å². The molecule has 0 aliphatic carbocycles. The molecule has 0 unspecified atom stereocenters. The minimum atomic E-state index is -0.484. The molecular weight excluding hydrogens is 543 g/mol. The number of thioether (sulfide) groups is 1. The number of carbonyl (C=O) groups is 2. The Bertz CT molecular complexity index is 1590. The van der Waals surface area contributed by atoms with E-state index in [0.29, 0.717) is 17.4 Å². The number of rotatable bonds is 9. The van der Waals surface area contributed by atoms with Crippen molar-refractivity contribution in [1.82, 2.24) is 25.1 Å². The summed E-state index contributed by atoms with van der Waals surface area (Å²) in [6.07, 6.45) is 0.588. The van der Waals surface area contributed by atoms with Gasteiger partial charge in [-0.05, 0) is 60.5 Å². The van der Waals surface area contributed by atoms with E-state index in [2.05, 4.69) is 15.5 Å². The monoisotopic (exact) mass is 572 g/mol. The molecule has 41 heavy (non-hydrogen) atoms. The Balaban J connectivity index is 1.27. The van der Waals surface area contributed by atoms with Crippen LogP contribution < -0.4 is 10.1 Å². The number of nitrogens with one attached hydrogen (secondary N) is 1. The normalized spacial score (nSPS) is 14.6. The molecule has 210 valence electrons. The number of amides is 2. The number of benzene rings is 3. The standard InChI is InChI=1S/C30H29FN6O3S/c1-19-7-9-21(10-8-19)26-16-25(20-11-13-24(40-3)14-12-20)35-37(26)28(38)18-41-30-34-33-27(36(30)2)17-32-29(39)22-5-4-6-23(31)15-22/h4-15,26H,16-18H2,1-3H3,(H,32,39)/t26-/m0/s1. The second-order valence-electron chi connectivity index (χ2n) is 9.58. The molecule has 2 amide bonds. The second kappa shape index (κ2) is 12.3. The largest absolute Gasteiger partial charge is 0.497 e. The van der Waals surface area contributed by atoms with Crippen molar-refractivity contribution in [3.63, 3.8) is 0 Å². The first-order chi connectivity index (χ1) is 19.8. The Labute approximate surface area is 241 Å². The number of ether oxygens (including phenoxy) is 1. The molecule has 3 aromatic carbocycles. The lowest BCUT2D eigenvalue weighted by molar-refractivity contribution is -0.130. The van der Waals surface area contributed by atoms with Gasteiger partial charge in [-0.1, -0.05) is 47.7 Å². The molecule has 0 bridgehead atoms. The summed E-state index contributed by atoms with van der Waals surface area (Å²) in [5.41, 5.74) is 4.13. The number of methoxy groups -OCH3 is 1. The molecule has 9 nitrogen and oxygen atoms in total. The Morgan fingerprint density at radius 3 is 2.54 bits per heavy atom. The Morgan fingerprint density at radius 1 is 1.07 bits per heavy atom. The predicted octanol–water partition coefficient (Wildman–Crippen LogP) is 4.67. The highest BCUT2D eigenvalue weighted by Gasteiger charge is 2.33. The number of aryl methyl sites for hydroxylation is 1. The highest BCUT2D eigenvalue weighted by molar-refractivity contribution is 7.99. The second-order valence-corrected chi connectivity index (χ2v) is 10.5. The summed E-state index contributed by atoms with van der Waals surface area (Å²) in [6.45, 7) is 2.13. The van der Waals surface area contributed by atoms with Crippen molar-refractivity contribution in [3.8, 4) is 5.75 Å². The lowest BCUT2D eigenvalue weighted by Crippen LogP contribution is -2.28. The molecule has 0 fully saturated rings. The zero-order valence-corrected chi connectivity index (χ0v) is 23.7. The van der Waals surface area contributed by atoms with Crippen LogP contribution in [0.25, 0.3) is 0 Å². The van der Waals surface area contributed by atoms with E-state index in [9.17, 15) is 14.0 Å². The fourth-order valence-corrected chi connectivity index (χ4v) is 5.24. The van der Waals surface area contributed by atoms with E-state index in [1.165, 1.54) is 36.0 Å². The van der Waals surface area contributed by atoms with Crippen molar-refractivity contribution in [3.05, 3.63) is 107 Å². The van der Waals surface area contributed by atoms with E-state index < -0.39 is 11.7 Å². The van der Waals surface area contributed by atoms with Crippen LogP contribution in [0, 0.1) is 12.7 Å². The minimum absolute atomic E-state index is 0.101. The SMILES string of the molecule is COc1ccc(C2=NN(C(=O)CSc3nnc(CNC(=O)c4cccc(F)c4)n3C)[C@H](c3ccc(C)cc3)C2)cc1. The summed E-state index contributed by atoms with van der Waals surface area (Å²) in [4.78, 5) is 25.9. The molecule has 2 heterocycles. The topological polar surface area (TPSA) is 102 Å². The molecule has 0 radical (unpaired) electrons. The maximum atomic E-state index is 13.5. The minimum Gasteiger partial charge on any atom is -0.497 e. The van der Waals surface area contributed by atoms with Gasteiger partial charge in [0.15, 0.2) is 11.0 Å². The first-order valence-corrected chi connectivity index (χ1v) is 14.0. The highest BCUT2D eigenvalue weighted by Crippen LogP contribution is 2.34. The van der Waals surface area contributed by atoms with Crippen molar-refractivity contribution >= 4 is 29.3 Å². The summed E-state index contributed by atoms with van der Waals surface area (Å²) in [5.74, 6) is 0.296. The van der Waals surface area contributed by atoms with E-state index in [0.717, 1.165) is 28.2 Å². The molecule has 1 N–H and O–H groups in total. The van der Waals surface area contributed by atoms with Gasteiger partial charge >= 0.3 is 0 Å². The predicted molar refractivity (Wildman–Crippen MR) is 154 cm³/mol. The number of nitrogens with zero attached hydrogens (tertiary/aromatic N) is 5. The van der Waals surface area contributed by atoms with Crippen LogP contribution in [0.1, 0.15) is 45.3 Å². The van der Waals surface area contributed by atoms with Gasteiger partial charge in [0.2, 0.25) is 0 Å². The van der Waals surface area contributed by atoms with Crippen molar-refractivity contribution in [2.24, 2.45) is 12.1 Å². The van der Waals surface area contributed by atoms with Crippen LogP contribution in [-0.4, -0.2) is 50.2 Å². The lowest BCUT2D eigenvalue weighted by Gasteiger charge is -2.22. The fraction of sp³-hybridized carbons (Fsp3) is 0.233. The lowest BCUT2D eigenvalue weighted by atomic mass is 9.97. The number of hydrogen-bond donors (Lipinski definition) is 1. The van der Waals surface area contributed by atoms with Crippen LogP contribution in [0.15, 0.2) is 83.1 Å². The number of halogens is 1. The van der Waals surface area contributed by atoms with Gasteiger partial charge in [0.1, 0.15) is 11.6 Å². The average Bonchev–Trinajstić information content (AvgIpc) is 3.59. The van der Waals surface area contributed by atoms with Gasteiger partial charge in [-0.25, -0.2) is 9.40 Å². The van der Waals surface area contributed by atoms with E-state index in [1.807, 2.05) is 55.5 Å². The molecule has 0 spiro atoms. The number of hydrazone groups is 1. The quantitative estimate of drug-likeness (QED) is 0.293. The molecule has 0 saturated heterocycles. The van der Waals surface area contributed by atoms with Crippen LogP contribution in [0.3, 0.4) is 0 Å². The third-order valence-electron chi connectivity index (χ3n) is 6.79. The van der Waals surface area contributed by atoms with Gasteiger partial charge < -0.3 is 14.6 Å². The maximum Gasteiger partial charge on any atom is 0.253 e. The molecule has 1 aliphatic rings.